The van der Waals surface area contributed by atoms with Crippen molar-refractivity contribution in [2.75, 3.05) is 19.0 Å². The predicted molar refractivity (Wildman–Crippen MR) is 94.4 cm³/mol. The molecular formula is C17H18Cl2N2O2. The van der Waals surface area contributed by atoms with Crippen LogP contribution >= 0.6 is 23.2 Å². The summed E-state index contributed by atoms with van der Waals surface area (Å²) in [7, 11) is 1.59. The second-order valence-corrected chi connectivity index (χ2v) is 5.73. The Morgan fingerprint density at radius 2 is 1.96 bits per heavy atom. The maximum atomic E-state index is 11.9. The number of hydrogen-bond acceptors (Lipinski definition) is 3. The third-order valence-electron chi connectivity index (χ3n) is 3.26. The van der Waals surface area contributed by atoms with Gasteiger partial charge in [0, 0.05) is 29.6 Å². The number of ether oxygens (including phenoxy) is 1. The monoisotopic (exact) mass is 352 g/mol. The zero-order chi connectivity index (χ0) is 16.7. The van der Waals surface area contributed by atoms with Gasteiger partial charge in [-0.1, -0.05) is 41.4 Å². The normalized spacial score (nSPS) is 10.2. The molecule has 122 valence electrons. The lowest BCUT2D eigenvalue weighted by molar-refractivity contribution is -0.121. The average Bonchev–Trinajstić information content (AvgIpc) is 2.54. The molecule has 1 amide bonds. The molecule has 0 fully saturated rings. The molecule has 4 nitrogen and oxygen atoms in total. The fourth-order valence-corrected chi connectivity index (χ4v) is 2.43. The van der Waals surface area contributed by atoms with E-state index >= 15 is 0 Å². The second-order valence-electron chi connectivity index (χ2n) is 4.89. The van der Waals surface area contributed by atoms with Crippen molar-refractivity contribution in [2.45, 2.75) is 13.0 Å². The zero-order valence-corrected chi connectivity index (χ0v) is 14.2. The molecule has 0 spiro atoms. The average molecular weight is 353 g/mol. The van der Waals surface area contributed by atoms with Crippen LogP contribution in [0.25, 0.3) is 0 Å². The number of hydrogen-bond donors (Lipinski definition) is 2. The van der Waals surface area contributed by atoms with Gasteiger partial charge in [-0.05, 0) is 29.8 Å². The van der Waals surface area contributed by atoms with E-state index in [0.717, 1.165) is 11.3 Å². The number of methoxy groups -OCH3 is 1. The molecule has 0 unspecified atom stereocenters. The van der Waals surface area contributed by atoms with Crippen LogP contribution in [0.3, 0.4) is 0 Å². The maximum Gasteiger partial charge on any atom is 0.222 e. The van der Waals surface area contributed by atoms with Gasteiger partial charge in [0.25, 0.3) is 0 Å². The van der Waals surface area contributed by atoms with Gasteiger partial charge in [-0.25, -0.2) is 0 Å². The molecule has 2 N–H and O–H groups in total. The van der Waals surface area contributed by atoms with Gasteiger partial charge in [-0.2, -0.15) is 0 Å². The fraction of sp³-hybridized carbons (Fsp3) is 0.235. The van der Waals surface area contributed by atoms with E-state index in [4.69, 9.17) is 27.9 Å². The third-order valence-corrected chi connectivity index (χ3v) is 3.87. The van der Waals surface area contributed by atoms with E-state index in [1.165, 1.54) is 0 Å². The summed E-state index contributed by atoms with van der Waals surface area (Å²) < 4.78 is 5.24. The topological polar surface area (TPSA) is 50.4 Å². The Kier molecular flexibility index (Phi) is 6.56. The smallest absolute Gasteiger partial charge is 0.222 e. The molecule has 0 atom stereocenters. The van der Waals surface area contributed by atoms with Crippen molar-refractivity contribution in [1.82, 2.24) is 5.32 Å². The lowest BCUT2D eigenvalue weighted by atomic mass is 10.2. The van der Waals surface area contributed by atoms with Crippen molar-refractivity contribution >= 4 is 34.8 Å². The first kappa shape index (κ1) is 17.4. The van der Waals surface area contributed by atoms with Crippen LogP contribution in [0.5, 0.6) is 5.75 Å². The first-order valence-electron chi connectivity index (χ1n) is 7.17. The van der Waals surface area contributed by atoms with Crippen LogP contribution in [0.15, 0.2) is 42.5 Å². The summed E-state index contributed by atoms with van der Waals surface area (Å²) in [5.74, 6) is 0.629. The van der Waals surface area contributed by atoms with Gasteiger partial charge in [0.15, 0.2) is 0 Å². The third kappa shape index (κ3) is 5.34. The molecular weight excluding hydrogens is 335 g/mol. The Balaban J connectivity index is 1.79. The molecule has 0 saturated carbocycles. The van der Waals surface area contributed by atoms with Crippen LogP contribution in [-0.2, 0) is 11.3 Å². The number of anilines is 1. The minimum atomic E-state index is -0.0570. The molecule has 0 radical (unpaired) electrons. The fourth-order valence-electron chi connectivity index (χ4n) is 2.05. The van der Waals surface area contributed by atoms with Crippen molar-refractivity contribution in [1.29, 1.82) is 0 Å². The number of halogens is 2. The van der Waals surface area contributed by atoms with E-state index < -0.39 is 0 Å². The first-order valence-corrected chi connectivity index (χ1v) is 7.93. The van der Waals surface area contributed by atoms with Crippen molar-refractivity contribution in [3.8, 4) is 5.75 Å². The summed E-state index contributed by atoms with van der Waals surface area (Å²) in [4.78, 5) is 11.9. The number of benzene rings is 2. The minimum absolute atomic E-state index is 0.0570. The van der Waals surface area contributed by atoms with E-state index in [9.17, 15) is 4.79 Å². The van der Waals surface area contributed by atoms with E-state index in [-0.39, 0.29) is 5.91 Å². The van der Waals surface area contributed by atoms with Gasteiger partial charge < -0.3 is 15.4 Å². The highest BCUT2D eigenvalue weighted by atomic mass is 35.5. The van der Waals surface area contributed by atoms with E-state index in [2.05, 4.69) is 10.6 Å². The molecule has 0 bridgehead atoms. The molecule has 2 aromatic rings. The maximum absolute atomic E-state index is 11.9. The summed E-state index contributed by atoms with van der Waals surface area (Å²) in [6, 6.07) is 12.7. The molecule has 0 aliphatic rings. The Labute approximate surface area is 145 Å². The number of carbonyl (C=O) groups is 1. The minimum Gasteiger partial charge on any atom is -0.495 e. The van der Waals surface area contributed by atoms with Crippen molar-refractivity contribution < 1.29 is 9.53 Å². The van der Waals surface area contributed by atoms with Gasteiger partial charge in [-0.15, -0.1) is 0 Å². The van der Waals surface area contributed by atoms with Crippen LogP contribution < -0.4 is 15.4 Å². The lowest BCUT2D eigenvalue weighted by Gasteiger charge is -2.12. The SMILES string of the molecule is COc1ccc(Cl)cc1NCCC(=O)NCc1ccccc1Cl. The van der Waals surface area contributed by atoms with Gasteiger partial charge >= 0.3 is 0 Å². The summed E-state index contributed by atoms with van der Waals surface area (Å²) in [6.45, 7) is 0.893. The van der Waals surface area contributed by atoms with Gasteiger partial charge in [0.1, 0.15) is 5.75 Å². The Morgan fingerprint density at radius 1 is 1.17 bits per heavy atom. The molecule has 0 heterocycles. The second kappa shape index (κ2) is 8.65. The van der Waals surface area contributed by atoms with Crippen LogP contribution in [0.1, 0.15) is 12.0 Å². The number of rotatable bonds is 7. The standard InChI is InChI=1S/C17H18Cl2N2O2/c1-23-16-7-6-13(18)10-15(16)20-9-8-17(22)21-11-12-4-2-3-5-14(12)19/h2-7,10,20H,8-9,11H2,1H3,(H,21,22). The van der Waals surface area contributed by atoms with Gasteiger partial charge in [0.2, 0.25) is 5.91 Å². The number of amides is 1. The van der Waals surface area contributed by atoms with Crippen molar-refractivity contribution in [2.24, 2.45) is 0 Å². The lowest BCUT2D eigenvalue weighted by Crippen LogP contribution is -2.25. The van der Waals surface area contributed by atoms with Crippen LogP contribution in [0, 0.1) is 0 Å². The molecule has 0 aromatic heterocycles. The number of nitrogens with one attached hydrogen (secondary N) is 2. The van der Waals surface area contributed by atoms with Crippen LogP contribution in [0.4, 0.5) is 5.69 Å². The van der Waals surface area contributed by atoms with Gasteiger partial charge in [-0.3, -0.25) is 4.79 Å². The molecule has 0 aliphatic carbocycles. The molecule has 0 saturated heterocycles. The molecule has 2 rings (SSSR count). The Morgan fingerprint density at radius 3 is 2.70 bits per heavy atom. The largest absolute Gasteiger partial charge is 0.495 e. The first-order chi connectivity index (χ1) is 11.1. The zero-order valence-electron chi connectivity index (χ0n) is 12.7. The molecule has 2 aromatic carbocycles. The quantitative estimate of drug-likeness (QED) is 0.787. The highest BCUT2D eigenvalue weighted by molar-refractivity contribution is 6.31. The van der Waals surface area contributed by atoms with E-state index in [1.807, 2.05) is 18.2 Å². The molecule has 0 aliphatic heterocycles. The van der Waals surface area contributed by atoms with Crippen molar-refractivity contribution in [3.05, 3.63) is 58.1 Å². The number of carbonyl (C=O) groups excluding carboxylic acids is 1. The Bertz CT molecular complexity index is 677. The summed E-state index contributed by atoms with van der Waals surface area (Å²) in [6.07, 6.45) is 0.333. The molecule has 6 heteroatoms. The predicted octanol–water partition coefficient (Wildman–Crippen LogP) is 4.12. The molecule has 23 heavy (non-hydrogen) atoms. The van der Waals surface area contributed by atoms with Crippen LogP contribution in [-0.4, -0.2) is 19.6 Å². The van der Waals surface area contributed by atoms with Gasteiger partial charge in [0.05, 0.1) is 12.8 Å². The summed E-state index contributed by atoms with van der Waals surface area (Å²) in [5, 5.41) is 7.25. The highest BCUT2D eigenvalue weighted by Crippen LogP contribution is 2.27. The van der Waals surface area contributed by atoms with Crippen LogP contribution in [0.2, 0.25) is 10.0 Å². The summed E-state index contributed by atoms with van der Waals surface area (Å²) in [5.41, 5.74) is 1.66. The van der Waals surface area contributed by atoms with E-state index in [1.54, 1.807) is 31.4 Å². The summed E-state index contributed by atoms with van der Waals surface area (Å²) >= 11 is 12.0. The van der Waals surface area contributed by atoms with E-state index in [0.29, 0.717) is 35.3 Å². The highest BCUT2D eigenvalue weighted by Gasteiger charge is 2.06. The van der Waals surface area contributed by atoms with Crippen molar-refractivity contribution in [3.63, 3.8) is 0 Å². The Hall–Kier alpha value is -1.91.